The summed E-state index contributed by atoms with van der Waals surface area (Å²) in [5.74, 6) is 0.0189. The molecule has 2 fully saturated rings. The molecule has 2 aliphatic rings. The molecule has 0 aromatic carbocycles. The molecular weight excluding hydrogens is 182 g/mol. The van der Waals surface area contributed by atoms with Gasteiger partial charge < -0.3 is 9.64 Å². The van der Waals surface area contributed by atoms with Gasteiger partial charge in [-0.3, -0.25) is 4.79 Å². The highest BCUT2D eigenvalue weighted by molar-refractivity contribution is 5.92. The second kappa shape index (κ2) is 3.26. The van der Waals surface area contributed by atoms with Crippen LogP contribution in [0.1, 0.15) is 26.2 Å². The van der Waals surface area contributed by atoms with Gasteiger partial charge in [0.15, 0.2) is 0 Å². The number of nitrogens with zero attached hydrogens (tertiary/aromatic N) is 1. The fourth-order valence-electron chi connectivity index (χ4n) is 2.64. The normalized spacial score (nSPS) is 35.1. The van der Waals surface area contributed by atoms with E-state index in [1.54, 1.807) is 4.90 Å². The third kappa shape index (κ3) is 1.06. The van der Waals surface area contributed by atoms with Crippen LogP contribution in [-0.4, -0.2) is 36.0 Å². The third-order valence-corrected chi connectivity index (χ3v) is 3.38. The monoisotopic (exact) mass is 197 g/mol. The molecule has 2 unspecified atom stereocenters. The highest BCUT2D eigenvalue weighted by Gasteiger charge is 2.55. The molecule has 0 aromatic rings. The van der Waals surface area contributed by atoms with Crippen molar-refractivity contribution in [2.24, 2.45) is 5.92 Å². The van der Waals surface area contributed by atoms with Gasteiger partial charge in [-0.25, -0.2) is 4.79 Å². The van der Waals surface area contributed by atoms with Gasteiger partial charge in [-0.2, -0.15) is 0 Å². The van der Waals surface area contributed by atoms with Crippen LogP contribution < -0.4 is 0 Å². The molecule has 2 rings (SSSR count). The van der Waals surface area contributed by atoms with E-state index in [2.05, 4.69) is 4.74 Å². The molecule has 2 heterocycles. The lowest BCUT2D eigenvalue weighted by molar-refractivity contribution is -0.165. The predicted octanol–water partition coefficient (Wildman–Crippen LogP) is 0.559. The summed E-state index contributed by atoms with van der Waals surface area (Å²) >= 11 is 0. The summed E-state index contributed by atoms with van der Waals surface area (Å²) in [4.78, 5) is 24.7. The number of rotatable bonds is 2. The molecule has 2 saturated heterocycles. The molecule has 0 radical (unpaired) electrons. The number of fused-ring (bicyclic) bond motifs is 1. The van der Waals surface area contributed by atoms with Crippen molar-refractivity contribution in [2.45, 2.75) is 38.3 Å². The minimum atomic E-state index is -0.305. The Morgan fingerprint density at radius 3 is 2.86 bits per heavy atom. The number of amides is 1. The number of methoxy groups -OCH3 is 1. The van der Waals surface area contributed by atoms with Crippen molar-refractivity contribution in [3.8, 4) is 0 Å². The van der Waals surface area contributed by atoms with E-state index in [9.17, 15) is 9.59 Å². The lowest BCUT2D eigenvalue weighted by Crippen LogP contribution is -2.61. The second-order valence-electron chi connectivity index (χ2n) is 3.94. The second-order valence-corrected chi connectivity index (χ2v) is 3.94. The number of β-lactam (4-membered cyclic amide) rings is 1. The van der Waals surface area contributed by atoms with Gasteiger partial charge in [-0.15, -0.1) is 0 Å². The first kappa shape index (κ1) is 9.49. The Labute approximate surface area is 83.2 Å². The number of carbonyl (C=O) groups is 2. The Morgan fingerprint density at radius 1 is 1.57 bits per heavy atom. The summed E-state index contributed by atoms with van der Waals surface area (Å²) in [6, 6.07) is -0.00287. The summed E-state index contributed by atoms with van der Waals surface area (Å²) < 4.78 is 4.67. The Hall–Kier alpha value is -1.06. The van der Waals surface area contributed by atoms with Crippen LogP contribution in [0.2, 0.25) is 0 Å². The van der Waals surface area contributed by atoms with Crippen molar-refractivity contribution in [1.82, 2.24) is 4.90 Å². The number of hydrogen-bond acceptors (Lipinski definition) is 3. The molecule has 0 aliphatic carbocycles. The van der Waals surface area contributed by atoms with Gasteiger partial charge >= 0.3 is 5.97 Å². The van der Waals surface area contributed by atoms with Crippen LogP contribution in [0.3, 0.4) is 0 Å². The molecule has 14 heavy (non-hydrogen) atoms. The summed E-state index contributed by atoms with van der Waals surface area (Å²) in [7, 11) is 1.37. The minimum Gasteiger partial charge on any atom is -0.467 e. The standard InChI is InChI=1S/C10H15NO3/c1-3-6-7-4-5-8(10(13)14-2)11(7)9(6)12/h6-8H,3-5H2,1-2H3/t6?,7-,8?/m1/s1. The van der Waals surface area contributed by atoms with E-state index in [4.69, 9.17) is 0 Å². The Morgan fingerprint density at radius 2 is 2.29 bits per heavy atom. The molecule has 0 saturated carbocycles. The predicted molar refractivity (Wildman–Crippen MR) is 49.5 cm³/mol. The maximum Gasteiger partial charge on any atom is 0.328 e. The molecule has 0 bridgehead atoms. The summed E-state index contributed by atoms with van der Waals surface area (Å²) in [6.07, 6.45) is 2.59. The van der Waals surface area contributed by atoms with Crippen LogP contribution in [0.25, 0.3) is 0 Å². The van der Waals surface area contributed by atoms with Crippen LogP contribution in [0.5, 0.6) is 0 Å². The number of carbonyl (C=O) groups excluding carboxylic acids is 2. The van der Waals surface area contributed by atoms with Crippen LogP contribution in [0, 0.1) is 5.92 Å². The van der Waals surface area contributed by atoms with Crippen molar-refractivity contribution in [3.63, 3.8) is 0 Å². The number of ether oxygens (including phenoxy) is 1. The summed E-state index contributed by atoms with van der Waals surface area (Å²) in [6.45, 7) is 2.02. The first-order valence-electron chi connectivity index (χ1n) is 5.10. The van der Waals surface area contributed by atoms with Gasteiger partial charge in [0, 0.05) is 6.04 Å². The molecule has 4 nitrogen and oxygen atoms in total. The molecule has 0 N–H and O–H groups in total. The van der Waals surface area contributed by atoms with E-state index in [1.807, 2.05) is 6.92 Å². The first-order valence-corrected chi connectivity index (χ1v) is 5.10. The SMILES string of the molecule is CCC1C(=O)N2C(C(=O)OC)CC[C@H]12. The van der Waals surface area contributed by atoms with Crippen LogP contribution >= 0.6 is 0 Å². The van der Waals surface area contributed by atoms with E-state index in [1.165, 1.54) is 7.11 Å². The topological polar surface area (TPSA) is 46.6 Å². The summed E-state index contributed by atoms with van der Waals surface area (Å²) in [5, 5.41) is 0. The van der Waals surface area contributed by atoms with Gasteiger partial charge in [0.05, 0.1) is 13.0 Å². The van der Waals surface area contributed by atoms with E-state index >= 15 is 0 Å². The lowest BCUT2D eigenvalue weighted by Gasteiger charge is -2.44. The molecule has 3 atom stereocenters. The largest absolute Gasteiger partial charge is 0.467 e. The zero-order chi connectivity index (χ0) is 10.3. The Balaban J connectivity index is 2.08. The molecule has 78 valence electrons. The van der Waals surface area contributed by atoms with Crippen molar-refractivity contribution in [3.05, 3.63) is 0 Å². The Kier molecular flexibility index (Phi) is 2.21. The molecule has 0 spiro atoms. The zero-order valence-electron chi connectivity index (χ0n) is 8.53. The minimum absolute atomic E-state index is 0.130. The van der Waals surface area contributed by atoms with Crippen molar-refractivity contribution in [1.29, 1.82) is 0 Å². The summed E-state index contributed by atoms with van der Waals surface area (Å²) in [5.41, 5.74) is 0. The lowest BCUT2D eigenvalue weighted by atomic mass is 9.86. The van der Waals surface area contributed by atoms with Crippen LogP contribution in [0.4, 0.5) is 0 Å². The van der Waals surface area contributed by atoms with Crippen molar-refractivity contribution < 1.29 is 14.3 Å². The third-order valence-electron chi connectivity index (χ3n) is 3.38. The quantitative estimate of drug-likeness (QED) is 0.480. The van der Waals surface area contributed by atoms with Gasteiger partial charge in [0.1, 0.15) is 6.04 Å². The average Bonchev–Trinajstić information content (AvgIpc) is 2.57. The molecule has 1 amide bonds. The zero-order valence-corrected chi connectivity index (χ0v) is 8.53. The highest BCUT2D eigenvalue weighted by Crippen LogP contribution is 2.41. The maximum absolute atomic E-state index is 11.6. The van der Waals surface area contributed by atoms with E-state index in [0.29, 0.717) is 6.04 Å². The molecule has 2 aliphatic heterocycles. The molecule has 0 aromatic heterocycles. The van der Waals surface area contributed by atoms with E-state index in [-0.39, 0.29) is 23.8 Å². The molecular formula is C10H15NO3. The fourth-order valence-corrected chi connectivity index (χ4v) is 2.64. The number of hydrogen-bond donors (Lipinski definition) is 0. The van der Waals surface area contributed by atoms with Crippen LogP contribution in [0.15, 0.2) is 0 Å². The highest BCUT2D eigenvalue weighted by atomic mass is 16.5. The van der Waals surface area contributed by atoms with Gasteiger partial charge in [0.25, 0.3) is 0 Å². The number of esters is 1. The van der Waals surface area contributed by atoms with Gasteiger partial charge in [0.2, 0.25) is 5.91 Å². The van der Waals surface area contributed by atoms with E-state index in [0.717, 1.165) is 19.3 Å². The van der Waals surface area contributed by atoms with Crippen molar-refractivity contribution >= 4 is 11.9 Å². The Bertz CT molecular complexity index is 277. The average molecular weight is 197 g/mol. The molecule has 4 heteroatoms. The van der Waals surface area contributed by atoms with Crippen LogP contribution in [-0.2, 0) is 14.3 Å². The van der Waals surface area contributed by atoms with Gasteiger partial charge in [-0.1, -0.05) is 6.92 Å². The maximum atomic E-state index is 11.6. The smallest absolute Gasteiger partial charge is 0.328 e. The van der Waals surface area contributed by atoms with E-state index < -0.39 is 0 Å². The first-order chi connectivity index (χ1) is 6.70. The van der Waals surface area contributed by atoms with Crippen molar-refractivity contribution in [2.75, 3.05) is 7.11 Å². The van der Waals surface area contributed by atoms with Gasteiger partial charge in [-0.05, 0) is 19.3 Å². The fraction of sp³-hybridized carbons (Fsp3) is 0.800.